The number of carbonyl (C=O) groups excluding carboxylic acids is 1. The lowest BCUT2D eigenvalue weighted by Crippen LogP contribution is -2.42. The van der Waals surface area contributed by atoms with Crippen LogP contribution in [0.3, 0.4) is 0 Å². The Hall–Kier alpha value is -4.20. The molecular formula is C22H18N4O4. The van der Waals surface area contributed by atoms with Gasteiger partial charge in [0, 0.05) is 12.4 Å². The number of nitrogens with one attached hydrogen (secondary N) is 1. The van der Waals surface area contributed by atoms with Gasteiger partial charge in [0.1, 0.15) is 17.1 Å². The molecule has 0 unspecified atom stereocenters. The number of rotatable bonds is 6. The van der Waals surface area contributed by atoms with Gasteiger partial charge in [0.15, 0.2) is 0 Å². The molecule has 0 saturated heterocycles. The molecule has 8 nitrogen and oxygen atoms in total. The van der Waals surface area contributed by atoms with Crippen molar-refractivity contribution in [2.75, 3.05) is 4.90 Å². The number of aromatic amines is 1. The summed E-state index contributed by atoms with van der Waals surface area (Å²) in [5.41, 5.74) is -0.617. The van der Waals surface area contributed by atoms with Gasteiger partial charge in [-0.2, -0.15) is 0 Å². The lowest BCUT2D eigenvalue weighted by molar-refractivity contribution is 0.0981. The van der Waals surface area contributed by atoms with E-state index >= 15 is 0 Å². The van der Waals surface area contributed by atoms with Gasteiger partial charge in [-0.3, -0.25) is 19.1 Å². The fourth-order valence-electron chi connectivity index (χ4n) is 3.05. The van der Waals surface area contributed by atoms with Crippen molar-refractivity contribution in [3.8, 4) is 0 Å². The van der Waals surface area contributed by atoms with Crippen molar-refractivity contribution in [3.05, 3.63) is 117 Å². The molecule has 150 valence electrons. The SMILES string of the molecule is O=C(c1c[nH]c(=O)n(Cc2ccco2)c1=O)N(Cc1ccccc1)c1ccccn1. The summed E-state index contributed by atoms with van der Waals surface area (Å²) in [6.07, 6.45) is 4.17. The van der Waals surface area contributed by atoms with Gasteiger partial charge in [-0.1, -0.05) is 36.4 Å². The summed E-state index contributed by atoms with van der Waals surface area (Å²) < 4.78 is 6.16. The molecule has 4 rings (SSSR count). The minimum atomic E-state index is -0.700. The van der Waals surface area contributed by atoms with Gasteiger partial charge < -0.3 is 9.40 Å². The van der Waals surface area contributed by atoms with E-state index in [0.29, 0.717) is 11.6 Å². The Balaban J connectivity index is 1.74. The third-order valence-electron chi connectivity index (χ3n) is 4.54. The van der Waals surface area contributed by atoms with Crippen LogP contribution in [0.4, 0.5) is 5.82 Å². The van der Waals surface area contributed by atoms with E-state index in [1.165, 1.54) is 11.2 Å². The molecule has 1 amide bonds. The Kier molecular flexibility index (Phi) is 5.38. The first kappa shape index (κ1) is 19.1. The van der Waals surface area contributed by atoms with Gasteiger partial charge in [0.25, 0.3) is 11.5 Å². The summed E-state index contributed by atoms with van der Waals surface area (Å²) >= 11 is 0. The maximum Gasteiger partial charge on any atom is 0.328 e. The van der Waals surface area contributed by atoms with Crippen molar-refractivity contribution in [2.24, 2.45) is 0 Å². The normalized spacial score (nSPS) is 10.7. The highest BCUT2D eigenvalue weighted by Crippen LogP contribution is 2.16. The van der Waals surface area contributed by atoms with Gasteiger partial charge >= 0.3 is 5.69 Å². The second-order valence-corrected chi connectivity index (χ2v) is 6.54. The van der Waals surface area contributed by atoms with Crippen LogP contribution >= 0.6 is 0 Å². The number of hydrogen-bond donors (Lipinski definition) is 1. The summed E-state index contributed by atoms with van der Waals surface area (Å²) in [6.45, 7) is 0.137. The van der Waals surface area contributed by atoms with Crippen LogP contribution in [0, 0.1) is 0 Å². The van der Waals surface area contributed by atoms with Crippen molar-refractivity contribution in [1.29, 1.82) is 0 Å². The Morgan fingerprint density at radius 1 is 1.03 bits per heavy atom. The van der Waals surface area contributed by atoms with Crippen LogP contribution in [-0.2, 0) is 13.1 Å². The third kappa shape index (κ3) is 3.97. The summed E-state index contributed by atoms with van der Waals surface area (Å²) in [4.78, 5) is 46.7. The van der Waals surface area contributed by atoms with Crippen LogP contribution in [0.25, 0.3) is 0 Å². The lowest BCUT2D eigenvalue weighted by Gasteiger charge is -2.22. The van der Waals surface area contributed by atoms with E-state index in [1.807, 2.05) is 30.3 Å². The van der Waals surface area contributed by atoms with Crippen molar-refractivity contribution in [2.45, 2.75) is 13.1 Å². The average molecular weight is 402 g/mol. The number of benzene rings is 1. The molecule has 0 bridgehead atoms. The first-order valence-corrected chi connectivity index (χ1v) is 9.25. The molecule has 30 heavy (non-hydrogen) atoms. The molecule has 0 aliphatic heterocycles. The Bertz CT molecular complexity index is 1250. The van der Waals surface area contributed by atoms with Crippen LogP contribution in [0.15, 0.2) is 93.3 Å². The molecule has 1 N–H and O–H groups in total. The number of anilines is 1. The first-order chi connectivity index (χ1) is 14.6. The van der Waals surface area contributed by atoms with Crippen molar-refractivity contribution >= 4 is 11.7 Å². The zero-order valence-corrected chi connectivity index (χ0v) is 15.9. The minimum Gasteiger partial charge on any atom is -0.467 e. The number of amides is 1. The molecule has 0 saturated carbocycles. The summed E-state index contributed by atoms with van der Waals surface area (Å²) in [5, 5.41) is 0. The molecule has 0 aliphatic carbocycles. The molecule has 0 atom stereocenters. The van der Waals surface area contributed by atoms with Gasteiger partial charge in [-0.25, -0.2) is 9.78 Å². The zero-order valence-electron chi connectivity index (χ0n) is 15.9. The molecule has 8 heteroatoms. The Morgan fingerprint density at radius 2 is 1.83 bits per heavy atom. The highest BCUT2D eigenvalue weighted by Gasteiger charge is 2.23. The Labute approximate surface area is 171 Å². The number of pyridine rings is 1. The minimum absolute atomic E-state index is 0.0788. The molecular weight excluding hydrogens is 384 g/mol. The van der Waals surface area contributed by atoms with E-state index in [1.54, 1.807) is 36.5 Å². The summed E-state index contributed by atoms with van der Waals surface area (Å²) in [6, 6.07) is 17.9. The number of furan rings is 1. The molecule has 0 spiro atoms. The van der Waals surface area contributed by atoms with E-state index in [0.717, 1.165) is 16.3 Å². The van der Waals surface area contributed by atoms with E-state index < -0.39 is 17.2 Å². The maximum atomic E-state index is 13.4. The largest absolute Gasteiger partial charge is 0.467 e. The third-order valence-corrected chi connectivity index (χ3v) is 4.54. The van der Waals surface area contributed by atoms with Crippen molar-refractivity contribution < 1.29 is 9.21 Å². The van der Waals surface area contributed by atoms with Crippen molar-refractivity contribution in [1.82, 2.24) is 14.5 Å². The van der Waals surface area contributed by atoms with Gasteiger partial charge in [0.2, 0.25) is 0 Å². The number of H-pyrrole nitrogens is 1. The average Bonchev–Trinajstić information content (AvgIpc) is 3.29. The second kappa shape index (κ2) is 8.44. The summed E-state index contributed by atoms with van der Waals surface area (Å²) in [5.74, 6) is 0.264. The second-order valence-electron chi connectivity index (χ2n) is 6.54. The summed E-state index contributed by atoms with van der Waals surface area (Å²) in [7, 11) is 0. The molecule has 4 aromatic rings. The fraction of sp³-hybridized carbons (Fsp3) is 0.0909. The number of aromatic nitrogens is 3. The monoisotopic (exact) mass is 402 g/mol. The molecule has 0 aliphatic rings. The molecule has 0 radical (unpaired) electrons. The molecule has 3 heterocycles. The van der Waals surface area contributed by atoms with Crippen molar-refractivity contribution in [3.63, 3.8) is 0 Å². The first-order valence-electron chi connectivity index (χ1n) is 9.25. The van der Waals surface area contributed by atoms with E-state index in [-0.39, 0.29) is 18.7 Å². The van der Waals surface area contributed by atoms with Crippen LogP contribution in [0.5, 0.6) is 0 Å². The zero-order chi connectivity index (χ0) is 20.9. The quantitative estimate of drug-likeness (QED) is 0.534. The fourth-order valence-corrected chi connectivity index (χ4v) is 3.05. The Morgan fingerprint density at radius 3 is 2.53 bits per heavy atom. The number of carbonyl (C=O) groups is 1. The maximum absolute atomic E-state index is 13.4. The smallest absolute Gasteiger partial charge is 0.328 e. The van der Waals surface area contributed by atoms with Gasteiger partial charge in [-0.15, -0.1) is 0 Å². The highest BCUT2D eigenvalue weighted by molar-refractivity contribution is 6.05. The number of nitrogens with zero attached hydrogens (tertiary/aromatic N) is 3. The van der Waals surface area contributed by atoms with Gasteiger partial charge in [0.05, 0.1) is 19.4 Å². The standard InChI is InChI=1S/C22H18N4O4/c27-20(18-13-24-22(29)26(21(18)28)15-17-9-6-12-30-17)25(19-10-4-5-11-23-19)14-16-7-2-1-3-8-16/h1-13H,14-15H2,(H,24,29). The van der Waals surface area contributed by atoms with Gasteiger partial charge in [-0.05, 0) is 29.8 Å². The van der Waals surface area contributed by atoms with Crippen LogP contribution in [0.2, 0.25) is 0 Å². The van der Waals surface area contributed by atoms with E-state index in [9.17, 15) is 14.4 Å². The molecule has 0 fully saturated rings. The molecule has 3 aromatic heterocycles. The predicted octanol–water partition coefficient (Wildman–Crippen LogP) is 2.42. The molecule has 1 aromatic carbocycles. The highest BCUT2D eigenvalue weighted by atomic mass is 16.3. The van der Waals surface area contributed by atoms with Crippen LogP contribution in [0.1, 0.15) is 21.7 Å². The number of hydrogen-bond acceptors (Lipinski definition) is 5. The topological polar surface area (TPSA) is 101 Å². The van der Waals surface area contributed by atoms with E-state index in [2.05, 4.69) is 9.97 Å². The van der Waals surface area contributed by atoms with E-state index in [4.69, 9.17) is 4.42 Å². The van der Waals surface area contributed by atoms with Crippen LogP contribution < -0.4 is 16.1 Å². The lowest BCUT2D eigenvalue weighted by atomic mass is 10.2. The van der Waals surface area contributed by atoms with Crippen LogP contribution in [-0.4, -0.2) is 20.4 Å². The predicted molar refractivity (Wildman–Crippen MR) is 110 cm³/mol.